The Hall–Kier alpha value is -2.37. The van der Waals surface area contributed by atoms with E-state index in [9.17, 15) is 14.4 Å². The van der Waals surface area contributed by atoms with Crippen LogP contribution in [0.3, 0.4) is 0 Å². The van der Waals surface area contributed by atoms with Gasteiger partial charge in [-0.3, -0.25) is 14.4 Å². The summed E-state index contributed by atoms with van der Waals surface area (Å²) >= 11 is 0. The molecule has 1 atom stereocenters. The predicted octanol–water partition coefficient (Wildman–Crippen LogP) is 1.47. The number of amides is 2. The van der Waals surface area contributed by atoms with Crippen molar-refractivity contribution in [2.45, 2.75) is 19.8 Å². The normalized spacial score (nSPS) is 18.1. The van der Waals surface area contributed by atoms with Gasteiger partial charge >= 0.3 is 5.97 Å². The highest BCUT2D eigenvalue weighted by molar-refractivity contribution is 5.99. The van der Waals surface area contributed by atoms with Crippen LogP contribution in [0.4, 0.5) is 11.4 Å². The minimum absolute atomic E-state index is 0.0314. The molecule has 1 saturated heterocycles. The number of benzene rings is 1. The molecule has 2 amide bonds. The minimum atomic E-state index is -0.951. The van der Waals surface area contributed by atoms with Crippen molar-refractivity contribution in [2.75, 3.05) is 16.8 Å². The molecule has 1 aliphatic rings. The Bertz CT molecular complexity index is 539. The highest BCUT2D eigenvalue weighted by atomic mass is 16.4. The van der Waals surface area contributed by atoms with Crippen LogP contribution in [0.25, 0.3) is 0 Å². The van der Waals surface area contributed by atoms with Crippen LogP contribution in [0.15, 0.2) is 24.3 Å². The Labute approximate surface area is 116 Å². The fourth-order valence-corrected chi connectivity index (χ4v) is 2.10. The number of aliphatic carboxylic acids is 1. The van der Waals surface area contributed by atoms with Gasteiger partial charge < -0.3 is 15.3 Å². The molecule has 6 heteroatoms. The second-order valence-corrected chi connectivity index (χ2v) is 4.69. The van der Waals surface area contributed by atoms with E-state index in [0.717, 1.165) is 0 Å². The first-order chi connectivity index (χ1) is 9.51. The topological polar surface area (TPSA) is 86.7 Å². The van der Waals surface area contributed by atoms with Crippen LogP contribution in [0, 0.1) is 5.92 Å². The molecule has 1 fully saturated rings. The van der Waals surface area contributed by atoms with Crippen molar-refractivity contribution in [3.8, 4) is 0 Å². The van der Waals surface area contributed by atoms with Gasteiger partial charge in [0.05, 0.1) is 5.92 Å². The van der Waals surface area contributed by atoms with Crippen LogP contribution in [0.1, 0.15) is 19.8 Å². The number of carboxylic acid groups (broad SMARTS) is 1. The summed E-state index contributed by atoms with van der Waals surface area (Å²) in [5, 5.41) is 11.7. The molecule has 2 N–H and O–H groups in total. The zero-order valence-electron chi connectivity index (χ0n) is 11.1. The zero-order chi connectivity index (χ0) is 14.7. The Morgan fingerprint density at radius 3 is 2.50 bits per heavy atom. The number of carbonyl (C=O) groups is 3. The lowest BCUT2D eigenvalue weighted by Gasteiger charge is -2.16. The van der Waals surface area contributed by atoms with Crippen molar-refractivity contribution in [3.63, 3.8) is 0 Å². The molecule has 20 heavy (non-hydrogen) atoms. The van der Waals surface area contributed by atoms with Gasteiger partial charge in [0.15, 0.2) is 0 Å². The maximum Gasteiger partial charge on any atom is 0.308 e. The summed E-state index contributed by atoms with van der Waals surface area (Å²) in [6.07, 6.45) is 0.427. The van der Waals surface area contributed by atoms with Gasteiger partial charge in [-0.25, -0.2) is 0 Å². The Morgan fingerprint density at radius 1 is 1.35 bits per heavy atom. The van der Waals surface area contributed by atoms with E-state index in [-0.39, 0.29) is 24.8 Å². The fraction of sp³-hybridized carbons (Fsp3) is 0.357. The molecule has 0 saturated carbocycles. The molecular formula is C14H16N2O4. The summed E-state index contributed by atoms with van der Waals surface area (Å²) < 4.78 is 0. The van der Waals surface area contributed by atoms with Gasteiger partial charge in [0.2, 0.25) is 11.8 Å². The van der Waals surface area contributed by atoms with Crippen LogP contribution in [0.2, 0.25) is 0 Å². The number of rotatable bonds is 4. The third kappa shape index (κ3) is 2.96. The highest BCUT2D eigenvalue weighted by Crippen LogP contribution is 2.26. The molecule has 0 aromatic heterocycles. The summed E-state index contributed by atoms with van der Waals surface area (Å²) in [4.78, 5) is 35.4. The third-order valence-electron chi connectivity index (χ3n) is 3.26. The average molecular weight is 276 g/mol. The molecule has 0 spiro atoms. The van der Waals surface area contributed by atoms with Gasteiger partial charge in [-0.15, -0.1) is 0 Å². The van der Waals surface area contributed by atoms with Crippen molar-refractivity contribution >= 4 is 29.2 Å². The molecular weight excluding hydrogens is 260 g/mol. The van der Waals surface area contributed by atoms with Crippen molar-refractivity contribution in [1.29, 1.82) is 0 Å². The Morgan fingerprint density at radius 2 is 2.00 bits per heavy atom. The van der Waals surface area contributed by atoms with E-state index in [1.165, 1.54) is 4.90 Å². The quantitative estimate of drug-likeness (QED) is 0.872. The lowest BCUT2D eigenvalue weighted by Crippen LogP contribution is -2.25. The van der Waals surface area contributed by atoms with Crippen LogP contribution in [0.5, 0.6) is 0 Å². The lowest BCUT2D eigenvalue weighted by atomic mass is 10.1. The summed E-state index contributed by atoms with van der Waals surface area (Å²) in [6, 6.07) is 6.80. The molecule has 1 aromatic rings. The number of hydrogen-bond donors (Lipinski definition) is 2. The maximum atomic E-state index is 11.8. The van der Waals surface area contributed by atoms with Crippen molar-refractivity contribution in [2.24, 2.45) is 5.92 Å². The van der Waals surface area contributed by atoms with Crippen LogP contribution >= 0.6 is 0 Å². The summed E-state index contributed by atoms with van der Waals surface area (Å²) in [6.45, 7) is 1.95. The molecule has 106 valence electrons. The predicted molar refractivity (Wildman–Crippen MR) is 73.5 cm³/mol. The lowest BCUT2D eigenvalue weighted by molar-refractivity contribution is -0.141. The molecule has 1 aromatic carbocycles. The smallest absolute Gasteiger partial charge is 0.308 e. The van der Waals surface area contributed by atoms with Gasteiger partial charge in [0.1, 0.15) is 0 Å². The number of anilines is 2. The van der Waals surface area contributed by atoms with Gasteiger partial charge in [-0.1, -0.05) is 6.92 Å². The van der Waals surface area contributed by atoms with Gasteiger partial charge in [0, 0.05) is 30.8 Å². The molecule has 0 bridgehead atoms. The molecule has 1 aliphatic heterocycles. The largest absolute Gasteiger partial charge is 0.481 e. The standard InChI is InChI=1S/C14H16N2O4/c1-2-12(17)15-10-3-5-11(6-4-10)16-8-9(14(19)20)7-13(16)18/h3-6,9H,2,7-8H2,1H3,(H,15,17)(H,19,20)/t9-/m0/s1. The van der Waals surface area contributed by atoms with Gasteiger partial charge in [-0.2, -0.15) is 0 Å². The van der Waals surface area contributed by atoms with Crippen molar-refractivity contribution < 1.29 is 19.5 Å². The zero-order valence-corrected chi connectivity index (χ0v) is 11.1. The number of carbonyl (C=O) groups excluding carboxylic acids is 2. The summed E-state index contributed by atoms with van der Waals surface area (Å²) in [5.41, 5.74) is 1.30. The van der Waals surface area contributed by atoms with Crippen LogP contribution in [-0.2, 0) is 14.4 Å². The molecule has 2 rings (SSSR count). The number of nitrogens with zero attached hydrogens (tertiary/aromatic N) is 1. The number of carboxylic acids is 1. The van der Waals surface area contributed by atoms with E-state index in [1.807, 2.05) is 0 Å². The monoisotopic (exact) mass is 276 g/mol. The molecule has 1 heterocycles. The maximum absolute atomic E-state index is 11.8. The fourth-order valence-electron chi connectivity index (χ4n) is 2.10. The van der Waals surface area contributed by atoms with Gasteiger partial charge in [-0.05, 0) is 24.3 Å². The highest BCUT2D eigenvalue weighted by Gasteiger charge is 2.34. The van der Waals surface area contributed by atoms with Crippen LogP contribution < -0.4 is 10.2 Å². The molecule has 0 aliphatic carbocycles. The van der Waals surface area contributed by atoms with E-state index in [2.05, 4.69) is 5.32 Å². The van der Waals surface area contributed by atoms with E-state index < -0.39 is 11.9 Å². The van der Waals surface area contributed by atoms with Crippen molar-refractivity contribution in [3.05, 3.63) is 24.3 Å². The third-order valence-corrected chi connectivity index (χ3v) is 3.26. The Kier molecular flexibility index (Phi) is 4.02. The van der Waals surface area contributed by atoms with E-state index in [4.69, 9.17) is 5.11 Å². The average Bonchev–Trinajstić information content (AvgIpc) is 2.82. The molecule has 0 unspecified atom stereocenters. The SMILES string of the molecule is CCC(=O)Nc1ccc(N2C[C@@H](C(=O)O)CC2=O)cc1. The molecule has 0 radical (unpaired) electrons. The second-order valence-electron chi connectivity index (χ2n) is 4.69. The minimum Gasteiger partial charge on any atom is -0.481 e. The number of hydrogen-bond acceptors (Lipinski definition) is 3. The second kappa shape index (κ2) is 5.73. The van der Waals surface area contributed by atoms with Gasteiger partial charge in [0.25, 0.3) is 0 Å². The Balaban J connectivity index is 2.08. The number of nitrogens with one attached hydrogen (secondary N) is 1. The first-order valence-corrected chi connectivity index (χ1v) is 6.44. The van der Waals surface area contributed by atoms with Crippen molar-refractivity contribution in [1.82, 2.24) is 0 Å². The molecule has 6 nitrogen and oxygen atoms in total. The summed E-state index contributed by atoms with van der Waals surface area (Å²) in [7, 11) is 0. The van der Waals surface area contributed by atoms with E-state index in [0.29, 0.717) is 17.8 Å². The first-order valence-electron chi connectivity index (χ1n) is 6.44. The van der Waals surface area contributed by atoms with E-state index >= 15 is 0 Å². The summed E-state index contributed by atoms with van der Waals surface area (Å²) in [5.74, 6) is -1.88. The first kappa shape index (κ1) is 14.0. The van der Waals surface area contributed by atoms with E-state index in [1.54, 1.807) is 31.2 Å². The van der Waals surface area contributed by atoms with Crippen LogP contribution in [-0.4, -0.2) is 29.4 Å².